The molecule has 0 aliphatic carbocycles. The van der Waals surface area contributed by atoms with Gasteiger partial charge in [0.15, 0.2) is 0 Å². The maximum Gasteiger partial charge on any atom is 0.142 e. The molecule has 0 bridgehead atoms. The van der Waals surface area contributed by atoms with Crippen molar-refractivity contribution in [2.75, 3.05) is 25.9 Å². The highest BCUT2D eigenvalue weighted by atomic mass is 16.5. The Bertz CT molecular complexity index is 568. The van der Waals surface area contributed by atoms with Crippen LogP contribution in [0.15, 0.2) is 41.0 Å². The van der Waals surface area contributed by atoms with Crippen LogP contribution in [-0.2, 0) is 6.54 Å². The summed E-state index contributed by atoms with van der Waals surface area (Å²) >= 11 is 0. The molecule has 0 radical (unpaired) electrons. The number of para-hydroxylation sites is 2. The third-order valence-electron chi connectivity index (χ3n) is 3.28. The van der Waals surface area contributed by atoms with Gasteiger partial charge in [-0.15, -0.1) is 0 Å². The van der Waals surface area contributed by atoms with Crippen LogP contribution in [0, 0.1) is 6.92 Å². The molecule has 1 aromatic heterocycles. The van der Waals surface area contributed by atoms with Gasteiger partial charge in [0.05, 0.1) is 12.0 Å². The van der Waals surface area contributed by atoms with Crippen molar-refractivity contribution < 1.29 is 14.3 Å². The van der Waals surface area contributed by atoms with E-state index in [1.54, 1.807) is 18.4 Å². The number of rotatable bonds is 7. The number of aryl methyl sites for hydroxylation is 1. The lowest BCUT2D eigenvalue weighted by atomic mass is 10.2. The molecule has 21 heavy (non-hydrogen) atoms. The first-order valence-electron chi connectivity index (χ1n) is 6.93. The fraction of sp³-hybridized carbons (Fsp3) is 0.375. The summed E-state index contributed by atoms with van der Waals surface area (Å²) in [6.45, 7) is 3.38. The molecule has 0 fully saturated rings. The summed E-state index contributed by atoms with van der Waals surface area (Å²) in [6.07, 6.45) is 1.10. The largest absolute Gasteiger partial charge is 0.489 e. The summed E-state index contributed by atoms with van der Waals surface area (Å²) in [5.41, 5.74) is 7.49. The van der Waals surface area contributed by atoms with Gasteiger partial charge in [-0.3, -0.25) is 4.90 Å². The van der Waals surface area contributed by atoms with E-state index < -0.39 is 6.10 Å². The van der Waals surface area contributed by atoms with Crippen molar-refractivity contribution in [1.29, 1.82) is 0 Å². The van der Waals surface area contributed by atoms with Crippen LogP contribution in [-0.4, -0.2) is 36.3 Å². The lowest BCUT2D eigenvalue weighted by molar-refractivity contribution is 0.0745. The van der Waals surface area contributed by atoms with Crippen molar-refractivity contribution in [1.82, 2.24) is 4.90 Å². The first-order chi connectivity index (χ1) is 10.1. The molecule has 5 nitrogen and oxygen atoms in total. The van der Waals surface area contributed by atoms with Crippen molar-refractivity contribution in [2.45, 2.75) is 19.6 Å². The summed E-state index contributed by atoms with van der Waals surface area (Å²) in [6, 6.07) is 9.21. The number of hydrogen-bond acceptors (Lipinski definition) is 5. The fourth-order valence-electron chi connectivity index (χ4n) is 2.14. The number of nitrogen functional groups attached to an aromatic ring is 1. The number of anilines is 1. The second-order valence-corrected chi connectivity index (χ2v) is 5.20. The molecular weight excluding hydrogens is 268 g/mol. The van der Waals surface area contributed by atoms with Crippen molar-refractivity contribution in [3.63, 3.8) is 0 Å². The van der Waals surface area contributed by atoms with Crippen LogP contribution in [0.1, 0.15) is 11.3 Å². The number of benzene rings is 1. The van der Waals surface area contributed by atoms with Crippen LogP contribution in [0.4, 0.5) is 5.69 Å². The first kappa shape index (κ1) is 15.4. The van der Waals surface area contributed by atoms with Crippen LogP contribution in [0.5, 0.6) is 5.75 Å². The van der Waals surface area contributed by atoms with E-state index in [1.165, 1.54) is 0 Å². The topological polar surface area (TPSA) is 71.9 Å². The number of likely N-dealkylation sites (N-methyl/N-ethyl adjacent to an activating group) is 1. The van der Waals surface area contributed by atoms with Crippen LogP contribution >= 0.6 is 0 Å². The predicted octanol–water partition coefficient (Wildman–Crippen LogP) is 2.04. The van der Waals surface area contributed by atoms with Gasteiger partial charge >= 0.3 is 0 Å². The lowest BCUT2D eigenvalue weighted by Gasteiger charge is -2.20. The van der Waals surface area contributed by atoms with Gasteiger partial charge < -0.3 is 20.0 Å². The van der Waals surface area contributed by atoms with Gasteiger partial charge in [0, 0.05) is 18.7 Å². The zero-order valence-corrected chi connectivity index (χ0v) is 12.5. The number of nitrogens with zero attached hydrogens (tertiary/aromatic N) is 1. The Morgan fingerprint density at radius 2 is 2.10 bits per heavy atom. The molecule has 0 aliphatic heterocycles. The summed E-state index contributed by atoms with van der Waals surface area (Å²) in [5.74, 6) is 1.51. The van der Waals surface area contributed by atoms with E-state index in [9.17, 15) is 5.11 Å². The quantitative estimate of drug-likeness (QED) is 0.764. The molecule has 114 valence electrons. The van der Waals surface area contributed by atoms with Gasteiger partial charge in [-0.25, -0.2) is 0 Å². The third-order valence-corrected chi connectivity index (χ3v) is 3.28. The second kappa shape index (κ2) is 7.15. The highest BCUT2D eigenvalue weighted by Gasteiger charge is 2.12. The van der Waals surface area contributed by atoms with E-state index in [2.05, 4.69) is 0 Å². The number of aliphatic hydroxyl groups excluding tert-OH is 1. The molecule has 3 N–H and O–H groups in total. The molecule has 1 atom stereocenters. The van der Waals surface area contributed by atoms with Crippen LogP contribution in [0.25, 0.3) is 0 Å². The minimum atomic E-state index is -0.582. The number of furan rings is 1. The van der Waals surface area contributed by atoms with Gasteiger partial charge in [0.25, 0.3) is 0 Å². The Labute approximate surface area is 124 Å². The molecule has 1 heterocycles. The van der Waals surface area contributed by atoms with Crippen molar-refractivity contribution in [2.24, 2.45) is 0 Å². The van der Waals surface area contributed by atoms with Crippen molar-refractivity contribution in [3.05, 3.63) is 47.9 Å². The third kappa shape index (κ3) is 4.51. The van der Waals surface area contributed by atoms with Crippen LogP contribution in [0.2, 0.25) is 0 Å². The Morgan fingerprint density at radius 1 is 1.33 bits per heavy atom. The van der Waals surface area contributed by atoms with Crippen LogP contribution in [0.3, 0.4) is 0 Å². The van der Waals surface area contributed by atoms with E-state index >= 15 is 0 Å². The monoisotopic (exact) mass is 290 g/mol. The SMILES string of the molecule is Cc1occc1CN(C)CC(O)COc1ccccc1N. The summed E-state index contributed by atoms with van der Waals surface area (Å²) < 4.78 is 10.8. The zero-order valence-electron chi connectivity index (χ0n) is 12.5. The van der Waals surface area contributed by atoms with Gasteiger partial charge in [-0.2, -0.15) is 0 Å². The average Bonchev–Trinajstić information content (AvgIpc) is 2.83. The van der Waals surface area contributed by atoms with E-state index in [1.807, 2.05) is 37.1 Å². The molecule has 2 aromatic rings. The Kier molecular flexibility index (Phi) is 5.25. The highest BCUT2D eigenvalue weighted by Crippen LogP contribution is 2.19. The van der Waals surface area contributed by atoms with Crippen molar-refractivity contribution in [3.8, 4) is 5.75 Å². The molecular formula is C16H22N2O3. The van der Waals surface area contributed by atoms with E-state index in [0.717, 1.165) is 17.9 Å². The van der Waals surface area contributed by atoms with Crippen molar-refractivity contribution >= 4 is 5.69 Å². The molecule has 0 spiro atoms. The standard InChI is InChI=1S/C16H22N2O3/c1-12-13(7-8-20-12)9-18(2)10-14(19)11-21-16-6-4-3-5-15(16)17/h3-8,14,19H,9-11,17H2,1-2H3. The average molecular weight is 290 g/mol. The zero-order chi connectivity index (χ0) is 15.2. The van der Waals surface area contributed by atoms with Gasteiger partial charge in [-0.05, 0) is 32.2 Å². The summed E-state index contributed by atoms with van der Waals surface area (Å²) in [4.78, 5) is 2.03. The maximum absolute atomic E-state index is 10.0. The molecule has 1 aromatic carbocycles. The lowest BCUT2D eigenvalue weighted by Crippen LogP contribution is -2.32. The van der Waals surface area contributed by atoms with Gasteiger partial charge in [-0.1, -0.05) is 12.1 Å². The van der Waals surface area contributed by atoms with E-state index in [-0.39, 0.29) is 6.61 Å². The molecule has 0 saturated heterocycles. The normalized spacial score (nSPS) is 12.6. The van der Waals surface area contributed by atoms with Gasteiger partial charge in [0.1, 0.15) is 24.2 Å². The van der Waals surface area contributed by atoms with Crippen LogP contribution < -0.4 is 10.5 Å². The molecule has 0 aliphatic rings. The summed E-state index contributed by atoms with van der Waals surface area (Å²) in [5, 5.41) is 10.0. The summed E-state index contributed by atoms with van der Waals surface area (Å²) in [7, 11) is 1.95. The van der Waals surface area contributed by atoms with Gasteiger partial charge in [0.2, 0.25) is 0 Å². The Morgan fingerprint density at radius 3 is 2.76 bits per heavy atom. The molecule has 1 unspecified atom stereocenters. The number of ether oxygens (including phenoxy) is 1. The number of hydrogen-bond donors (Lipinski definition) is 2. The minimum absolute atomic E-state index is 0.211. The van der Waals surface area contributed by atoms with E-state index in [0.29, 0.717) is 18.0 Å². The Balaban J connectivity index is 1.78. The molecule has 0 saturated carbocycles. The maximum atomic E-state index is 10.0. The number of nitrogens with two attached hydrogens (primary N) is 1. The first-order valence-corrected chi connectivity index (χ1v) is 6.93. The fourth-order valence-corrected chi connectivity index (χ4v) is 2.14. The molecule has 0 amide bonds. The molecule has 2 rings (SSSR count). The molecule has 5 heteroatoms. The number of aliphatic hydroxyl groups is 1. The smallest absolute Gasteiger partial charge is 0.142 e. The second-order valence-electron chi connectivity index (χ2n) is 5.20. The highest BCUT2D eigenvalue weighted by molar-refractivity contribution is 5.51. The van der Waals surface area contributed by atoms with E-state index in [4.69, 9.17) is 14.9 Å². The predicted molar refractivity (Wildman–Crippen MR) is 82.1 cm³/mol. The Hall–Kier alpha value is -1.98. The minimum Gasteiger partial charge on any atom is -0.489 e.